The normalized spacial score (nSPS) is 9.92. The van der Waals surface area contributed by atoms with Gasteiger partial charge in [-0.2, -0.15) is 0 Å². The fourth-order valence-corrected chi connectivity index (χ4v) is 0.996. The number of rotatable bonds is 2. The quantitative estimate of drug-likeness (QED) is 0.622. The van der Waals surface area contributed by atoms with Gasteiger partial charge in [-0.15, -0.1) is 0 Å². The number of hydrogen-bond donors (Lipinski definition) is 0. The summed E-state index contributed by atoms with van der Waals surface area (Å²) in [5.74, 6) is -1.55. The first-order valence-electron chi connectivity index (χ1n) is 3.62. The van der Waals surface area contributed by atoms with Crippen molar-refractivity contribution in [3.8, 4) is 0 Å². The minimum absolute atomic E-state index is 0.198. The van der Waals surface area contributed by atoms with Gasteiger partial charge in [0.2, 0.25) is 0 Å². The number of halogens is 2. The summed E-state index contributed by atoms with van der Waals surface area (Å²) in [5.41, 5.74) is -0.118. The number of aldehydes is 1. The molecular formula is C9H8F2O. The van der Waals surface area contributed by atoms with Gasteiger partial charge < -0.3 is 0 Å². The van der Waals surface area contributed by atoms with Crippen LogP contribution in [0.25, 0.3) is 0 Å². The standard InChI is InChI=1S/C9H8F2O/c1-2-6-3-4-8(10)7(5-12)9(6)11/h3-5H,2H2,1H3. The van der Waals surface area contributed by atoms with Crippen molar-refractivity contribution in [3.05, 3.63) is 34.9 Å². The molecule has 0 aromatic heterocycles. The minimum Gasteiger partial charge on any atom is -0.298 e. The summed E-state index contributed by atoms with van der Waals surface area (Å²) in [5, 5.41) is 0. The van der Waals surface area contributed by atoms with Crippen LogP contribution in [-0.2, 0) is 6.42 Å². The van der Waals surface area contributed by atoms with E-state index < -0.39 is 17.2 Å². The first kappa shape index (κ1) is 8.84. The Morgan fingerprint density at radius 3 is 2.58 bits per heavy atom. The Balaban J connectivity index is 3.33. The van der Waals surface area contributed by atoms with E-state index in [1.165, 1.54) is 6.07 Å². The third-order valence-corrected chi connectivity index (χ3v) is 1.71. The summed E-state index contributed by atoms with van der Waals surface area (Å²) in [6.45, 7) is 1.74. The number of carbonyl (C=O) groups is 1. The maximum absolute atomic E-state index is 13.1. The first-order valence-corrected chi connectivity index (χ1v) is 3.62. The van der Waals surface area contributed by atoms with Crippen molar-refractivity contribution in [2.75, 3.05) is 0 Å². The Labute approximate surface area is 69.0 Å². The average molecular weight is 170 g/mol. The van der Waals surface area contributed by atoms with Crippen molar-refractivity contribution in [2.45, 2.75) is 13.3 Å². The van der Waals surface area contributed by atoms with E-state index in [1.807, 2.05) is 0 Å². The van der Waals surface area contributed by atoms with Gasteiger partial charge in [-0.25, -0.2) is 8.78 Å². The lowest BCUT2D eigenvalue weighted by Gasteiger charge is -2.01. The fraction of sp³-hybridized carbons (Fsp3) is 0.222. The number of benzene rings is 1. The third kappa shape index (κ3) is 1.35. The van der Waals surface area contributed by atoms with Crippen molar-refractivity contribution in [1.82, 2.24) is 0 Å². The van der Waals surface area contributed by atoms with Crippen LogP contribution in [0.1, 0.15) is 22.8 Å². The topological polar surface area (TPSA) is 17.1 Å². The van der Waals surface area contributed by atoms with Gasteiger partial charge in [0.15, 0.2) is 6.29 Å². The lowest BCUT2D eigenvalue weighted by Crippen LogP contribution is -1.98. The zero-order chi connectivity index (χ0) is 9.14. The van der Waals surface area contributed by atoms with Crippen LogP contribution in [0.3, 0.4) is 0 Å². The van der Waals surface area contributed by atoms with Crippen molar-refractivity contribution >= 4 is 6.29 Å². The molecule has 1 nitrogen and oxygen atoms in total. The highest BCUT2D eigenvalue weighted by Crippen LogP contribution is 2.15. The number of hydrogen-bond acceptors (Lipinski definition) is 1. The molecule has 0 aliphatic rings. The number of aryl methyl sites for hydroxylation is 1. The maximum atomic E-state index is 13.1. The van der Waals surface area contributed by atoms with Crippen LogP contribution in [0.4, 0.5) is 8.78 Å². The van der Waals surface area contributed by atoms with Gasteiger partial charge in [0.05, 0.1) is 5.56 Å². The summed E-state index contributed by atoms with van der Waals surface area (Å²) in [6.07, 6.45) is 0.650. The maximum Gasteiger partial charge on any atom is 0.155 e. The predicted molar refractivity (Wildman–Crippen MR) is 41.1 cm³/mol. The molecule has 0 unspecified atom stereocenters. The Morgan fingerprint density at radius 1 is 1.42 bits per heavy atom. The Hall–Kier alpha value is -1.25. The lowest BCUT2D eigenvalue weighted by atomic mass is 10.1. The summed E-state index contributed by atoms with van der Waals surface area (Å²) in [6, 6.07) is 2.45. The van der Waals surface area contributed by atoms with Gasteiger partial charge in [0.1, 0.15) is 11.6 Å². The van der Waals surface area contributed by atoms with Gasteiger partial charge in [-0.1, -0.05) is 13.0 Å². The molecule has 0 heterocycles. The van der Waals surface area contributed by atoms with Crippen LogP contribution in [0.2, 0.25) is 0 Å². The highest BCUT2D eigenvalue weighted by Gasteiger charge is 2.10. The van der Waals surface area contributed by atoms with Crippen LogP contribution >= 0.6 is 0 Å². The van der Waals surface area contributed by atoms with Gasteiger partial charge in [-0.05, 0) is 18.1 Å². The van der Waals surface area contributed by atoms with E-state index in [1.54, 1.807) is 6.92 Å². The molecule has 0 amide bonds. The molecule has 0 saturated heterocycles. The molecule has 0 saturated carbocycles. The van der Waals surface area contributed by atoms with E-state index in [-0.39, 0.29) is 6.29 Å². The Bertz CT molecular complexity index is 308. The Kier molecular flexibility index (Phi) is 2.53. The summed E-state index contributed by atoms with van der Waals surface area (Å²) in [7, 11) is 0. The summed E-state index contributed by atoms with van der Waals surface area (Å²) < 4.78 is 25.8. The molecule has 0 radical (unpaired) electrons. The van der Waals surface area contributed by atoms with Crippen molar-refractivity contribution < 1.29 is 13.6 Å². The molecule has 1 rings (SSSR count). The molecule has 0 fully saturated rings. The van der Waals surface area contributed by atoms with E-state index in [0.29, 0.717) is 12.0 Å². The van der Waals surface area contributed by atoms with E-state index in [2.05, 4.69) is 0 Å². The van der Waals surface area contributed by atoms with E-state index in [9.17, 15) is 13.6 Å². The molecule has 0 spiro atoms. The second-order valence-electron chi connectivity index (χ2n) is 2.41. The molecule has 12 heavy (non-hydrogen) atoms. The second kappa shape index (κ2) is 3.43. The van der Waals surface area contributed by atoms with Crippen LogP contribution in [-0.4, -0.2) is 6.29 Å². The molecule has 1 aromatic carbocycles. The Morgan fingerprint density at radius 2 is 2.08 bits per heavy atom. The van der Waals surface area contributed by atoms with Crippen LogP contribution < -0.4 is 0 Å². The van der Waals surface area contributed by atoms with Gasteiger partial charge >= 0.3 is 0 Å². The van der Waals surface area contributed by atoms with Crippen molar-refractivity contribution in [2.24, 2.45) is 0 Å². The SMILES string of the molecule is CCc1ccc(F)c(C=O)c1F. The summed E-state index contributed by atoms with van der Waals surface area (Å²) in [4.78, 5) is 10.2. The smallest absolute Gasteiger partial charge is 0.155 e. The van der Waals surface area contributed by atoms with Crippen LogP contribution in [0.5, 0.6) is 0 Å². The van der Waals surface area contributed by atoms with Gasteiger partial charge in [0, 0.05) is 0 Å². The highest BCUT2D eigenvalue weighted by atomic mass is 19.1. The minimum atomic E-state index is -0.806. The van der Waals surface area contributed by atoms with Gasteiger partial charge in [-0.3, -0.25) is 4.79 Å². The fourth-order valence-electron chi connectivity index (χ4n) is 0.996. The van der Waals surface area contributed by atoms with E-state index in [0.717, 1.165) is 6.07 Å². The molecular weight excluding hydrogens is 162 g/mol. The summed E-state index contributed by atoms with van der Waals surface area (Å²) >= 11 is 0. The van der Waals surface area contributed by atoms with Gasteiger partial charge in [0.25, 0.3) is 0 Å². The first-order chi connectivity index (χ1) is 5.70. The van der Waals surface area contributed by atoms with E-state index >= 15 is 0 Å². The zero-order valence-corrected chi connectivity index (χ0v) is 6.60. The second-order valence-corrected chi connectivity index (χ2v) is 2.41. The molecule has 0 aliphatic carbocycles. The largest absolute Gasteiger partial charge is 0.298 e. The lowest BCUT2D eigenvalue weighted by molar-refractivity contribution is 0.111. The molecule has 0 bridgehead atoms. The number of carbonyl (C=O) groups excluding carboxylic acids is 1. The molecule has 64 valence electrons. The highest BCUT2D eigenvalue weighted by molar-refractivity contribution is 5.76. The monoisotopic (exact) mass is 170 g/mol. The van der Waals surface area contributed by atoms with Crippen LogP contribution in [0, 0.1) is 11.6 Å². The molecule has 0 aliphatic heterocycles. The molecule has 0 N–H and O–H groups in total. The van der Waals surface area contributed by atoms with Crippen LogP contribution in [0.15, 0.2) is 12.1 Å². The van der Waals surface area contributed by atoms with E-state index in [4.69, 9.17) is 0 Å². The zero-order valence-electron chi connectivity index (χ0n) is 6.60. The molecule has 1 aromatic rings. The third-order valence-electron chi connectivity index (χ3n) is 1.71. The molecule has 0 atom stereocenters. The van der Waals surface area contributed by atoms with Crippen molar-refractivity contribution in [1.29, 1.82) is 0 Å². The predicted octanol–water partition coefficient (Wildman–Crippen LogP) is 2.34. The molecule has 3 heteroatoms. The van der Waals surface area contributed by atoms with Crippen molar-refractivity contribution in [3.63, 3.8) is 0 Å². The average Bonchev–Trinajstić information content (AvgIpc) is 2.06.